The fraction of sp³-hybridized carbons (Fsp3) is 0.200. The molecule has 2 rings (SSSR count). The molecule has 0 aliphatic heterocycles. The van der Waals surface area contributed by atoms with Crippen LogP contribution in [0.25, 0.3) is 0 Å². The zero-order chi connectivity index (χ0) is 13.7. The molecule has 1 heterocycles. The molecular weight excluding hydrogens is 240 g/mol. The zero-order valence-electron chi connectivity index (χ0n) is 11.0. The first-order chi connectivity index (χ1) is 9.20. The normalized spacial score (nSPS) is 11.7. The Morgan fingerprint density at radius 3 is 2.58 bits per heavy atom. The number of hydrogen-bond acceptors (Lipinski definition) is 3. The summed E-state index contributed by atoms with van der Waals surface area (Å²) < 4.78 is 5.06. The number of ether oxygens (including phenoxy) is 1. The van der Waals surface area contributed by atoms with Gasteiger partial charge in [-0.1, -0.05) is 6.07 Å². The average Bonchev–Trinajstić information content (AvgIpc) is 2.48. The number of pyridine rings is 1. The first kappa shape index (κ1) is 13.1. The van der Waals surface area contributed by atoms with Crippen LogP contribution >= 0.6 is 0 Å². The highest BCUT2D eigenvalue weighted by molar-refractivity contribution is 5.94. The van der Waals surface area contributed by atoms with Gasteiger partial charge in [0.1, 0.15) is 5.75 Å². The number of benzene rings is 1. The third-order valence-electron chi connectivity index (χ3n) is 2.88. The van der Waals surface area contributed by atoms with Crippen molar-refractivity contribution in [1.82, 2.24) is 10.3 Å². The van der Waals surface area contributed by atoms with Gasteiger partial charge in [0.05, 0.1) is 13.2 Å². The lowest BCUT2D eigenvalue weighted by molar-refractivity contribution is 0.0940. The maximum Gasteiger partial charge on any atom is 0.251 e. The molecule has 19 heavy (non-hydrogen) atoms. The van der Waals surface area contributed by atoms with E-state index < -0.39 is 0 Å². The molecule has 4 nitrogen and oxygen atoms in total. The number of carbonyl (C=O) groups excluding carboxylic acids is 1. The van der Waals surface area contributed by atoms with Gasteiger partial charge < -0.3 is 10.1 Å². The summed E-state index contributed by atoms with van der Waals surface area (Å²) in [6.45, 7) is 1.93. The Morgan fingerprint density at radius 1 is 1.26 bits per heavy atom. The fourth-order valence-electron chi connectivity index (χ4n) is 1.74. The van der Waals surface area contributed by atoms with Crippen LogP contribution in [-0.4, -0.2) is 18.0 Å². The van der Waals surface area contributed by atoms with Gasteiger partial charge in [0.25, 0.3) is 5.91 Å². The predicted molar refractivity (Wildman–Crippen MR) is 73.1 cm³/mol. The van der Waals surface area contributed by atoms with E-state index in [4.69, 9.17) is 4.74 Å². The van der Waals surface area contributed by atoms with Crippen molar-refractivity contribution in [3.8, 4) is 5.75 Å². The van der Waals surface area contributed by atoms with Crippen LogP contribution < -0.4 is 10.1 Å². The van der Waals surface area contributed by atoms with Crippen molar-refractivity contribution < 1.29 is 9.53 Å². The molecule has 0 aliphatic rings. The van der Waals surface area contributed by atoms with Gasteiger partial charge in [-0.3, -0.25) is 9.78 Å². The topological polar surface area (TPSA) is 51.2 Å². The number of hydrogen-bond donors (Lipinski definition) is 1. The van der Waals surface area contributed by atoms with E-state index in [0.29, 0.717) is 5.56 Å². The summed E-state index contributed by atoms with van der Waals surface area (Å²) in [6, 6.07) is 10.7. The van der Waals surface area contributed by atoms with Crippen molar-refractivity contribution in [1.29, 1.82) is 0 Å². The highest BCUT2D eigenvalue weighted by atomic mass is 16.5. The van der Waals surface area contributed by atoms with Crippen molar-refractivity contribution in [3.63, 3.8) is 0 Å². The van der Waals surface area contributed by atoms with E-state index >= 15 is 0 Å². The summed E-state index contributed by atoms with van der Waals surface area (Å²) in [5.74, 6) is 0.621. The van der Waals surface area contributed by atoms with Gasteiger partial charge in [-0.15, -0.1) is 0 Å². The quantitative estimate of drug-likeness (QED) is 0.914. The molecule has 1 N–H and O–H groups in total. The highest BCUT2D eigenvalue weighted by Gasteiger charge is 2.11. The van der Waals surface area contributed by atoms with Crippen LogP contribution in [0, 0.1) is 0 Å². The third-order valence-corrected chi connectivity index (χ3v) is 2.88. The van der Waals surface area contributed by atoms with E-state index in [1.165, 1.54) is 0 Å². The van der Waals surface area contributed by atoms with E-state index in [0.717, 1.165) is 11.3 Å². The first-order valence-electron chi connectivity index (χ1n) is 6.05. The number of rotatable bonds is 4. The summed E-state index contributed by atoms with van der Waals surface area (Å²) in [5, 5.41) is 2.93. The molecule has 0 fully saturated rings. The molecule has 1 unspecified atom stereocenters. The van der Waals surface area contributed by atoms with Crippen LogP contribution in [0.3, 0.4) is 0 Å². The average molecular weight is 256 g/mol. The van der Waals surface area contributed by atoms with Crippen LogP contribution in [0.15, 0.2) is 48.8 Å². The van der Waals surface area contributed by atoms with Gasteiger partial charge in [0.15, 0.2) is 0 Å². The molecule has 1 aromatic carbocycles. The molecular formula is C15H16N2O2. The second-order valence-corrected chi connectivity index (χ2v) is 4.21. The smallest absolute Gasteiger partial charge is 0.251 e. The second kappa shape index (κ2) is 6.00. The molecule has 0 aliphatic carbocycles. The Labute approximate surface area is 112 Å². The largest absolute Gasteiger partial charge is 0.497 e. The second-order valence-electron chi connectivity index (χ2n) is 4.21. The molecule has 98 valence electrons. The Hall–Kier alpha value is -2.36. The maximum atomic E-state index is 12.1. The van der Waals surface area contributed by atoms with Gasteiger partial charge >= 0.3 is 0 Å². The molecule has 0 spiro atoms. The van der Waals surface area contributed by atoms with E-state index in [-0.39, 0.29) is 11.9 Å². The SMILES string of the molecule is COc1ccc(C(=O)NC(C)c2cccnc2)cc1. The van der Waals surface area contributed by atoms with Gasteiger partial charge in [-0.25, -0.2) is 0 Å². The maximum absolute atomic E-state index is 12.1. The lowest BCUT2D eigenvalue weighted by Crippen LogP contribution is -2.26. The van der Waals surface area contributed by atoms with Gasteiger partial charge in [-0.2, -0.15) is 0 Å². The molecule has 0 saturated carbocycles. The number of nitrogens with one attached hydrogen (secondary N) is 1. The predicted octanol–water partition coefficient (Wildman–Crippen LogP) is 2.58. The van der Waals surface area contributed by atoms with Crippen LogP contribution in [-0.2, 0) is 0 Å². The summed E-state index contributed by atoms with van der Waals surface area (Å²) in [6.07, 6.45) is 3.46. The van der Waals surface area contributed by atoms with Crippen molar-refractivity contribution in [2.24, 2.45) is 0 Å². The van der Waals surface area contributed by atoms with Gasteiger partial charge in [-0.05, 0) is 42.8 Å². The molecule has 0 saturated heterocycles. The number of aromatic nitrogens is 1. The molecule has 0 bridgehead atoms. The third kappa shape index (κ3) is 3.31. The van der Waals surface area contributed by atoms with Gasteiger partial charge in [0.2, 0.25) is 0 Å². The van der Waals surface area contributed by atoms with E-state index in [1.54, 1.807) is 43.8 Å². The number of amides is 1. The van der Waals surface area contributed by atoms with E-state index in [1.807, 2.05) is 19.1 Å². The lowest BCUT2D eigenvalue weighted by atomic mass is 10.1. The summed E-state index contributed by atoms with van der Waals surface area (Å²) in [5.41, 5.74) is 1.58. The van der Waals surface area contributed by atoms with Crippen LogP contribution in [0.2, 0.25) is 0 Å². The van der Waals surface area contributed by atoms with Crippen molar-refractivity contribution >= 4 is 5.91 Å². The van der Waals surface area contributed by atoms with Crippen molar-refractivity contribution in [2.45, 2.75) is 13.0 Å². The molecule has 0 radical (unpaired) electrons. The van der Waals surface area contributed by atoms with Crippen LogP contribution in [0.1, 0.15) is 28.9 Å². The van der Waals surface area contributed by atoms with E-state index in [9.17, 15) is 4.79 Å². The van der Waals surface area contributed by atoms with E-state index in [2.05, 4.69) is 10.3 Å². The minimum atomic E-state index is -0.112. The van der Waals surface area contributed by atoms with Crippen molar-refractivity contribution in [2.75, 3.05) is 7.11 Å². The standard InChI is InChI=1S/C15H16N2O2/c1-11(13-4-3-9-16-10-13)17-15(18)12-5-7-14(19-2)8-6-12/h3-11H,1-2H3,(H,17,18). The molecule has 2 aromatic rings. The fourth-order valence-corrected chi connectivity index (χ4v) is 1.74. The summed E-state index contributed by atoms with van der Waals surface area (Å²) in [4.78, 5) is 16.1. The minimum Gasteiger partial charge on any atom is -0.497 e. The molecule has 1 aromatic heterocycles. The molecule has 1 amide bonds. The number of carbonyl (C=O) groups is 1. The Balaban J connectivity index is 2.04. The first-order valence-corrected chi connectivity index (χ1v) is 6.05. The summed E-state index contributed by atoms with van der Waals surface area (Å²) >= 11 is 0. The zero-order valence-corrected chi connectivity index (χ0v) is 11.0. The number of methoxy groups -OCH3 is 1. The van der Waals surface area contributed by atoms with Crippen LogP contribution in [0.4, 0.5) is 0 Å². The van der Waals surface area contributed by atoms with Crippen molar-refractivity contribution in [3.05, 3.63) is 59.9 Å². The molecule has 4 heteroatoms. The highest BCUT2D eigenvalue weighted by Crippen LogP contribution is 2.14. The summed E-state index contributed by atoms with van der Waals surface area (Å²) in [7, 11) is 1.60. The minimum absolute atomic E-state index is 0.0803. The molecule has 1 atom stereocenters. The Morgan fingerprint density at radius 2 is 2.00 bits per heavy atom. The van der Waals surface area contributed by atoms with Gasteiger partial charge in [0, 0.05) is 18.0 Å². The number of nitrogens with zero attached hydrogens (tertiary/aromatic N) is 1. The van der Waals surface area contributed by atoms with Crippen LogP contribution in [0.5, 0.6) is 5.75 Å². The Bertz CT molecular complexity index is 538. The monoisotopic (exact) mass is 256 g/mol. The lowest BCUT2D eigenvalue weighted by Gasteiger charge is -2.14. The Kier molecular flexibility index (Phi) is 4.13.